The first-order valence-corrected chi connectivity index (χ1v) is 10.7. The fourth-order valence-corrected chi connectivity index (χ4v) is 4.67. The molecule has 0 saturated carbocycles. The lowest BCUT2D eigenvalue weighted by Gasteiger charge is -2.30. The Kier molecular flexibility index (Phi) is 6.73. The molecule has 1 amide bonds. The van der Waals surface area contributed by atoms with Crippen LogP contribution in [0.25, 0.3) is 0 Å². The molecule has 0 unspecified atom stereocenters. The highest BCUT2D eigenvalue weighted by Gasteiger charge is 2.32. The number of methoxy groups -OCH3 is 3. The first-order valence-electron chi connectivity index (χ1n) is 9.28. The van der Waals surface area contributed by atoms with E-state index >= 15 is 0 Å². The van der Waals surface area contributed by atoms with Crippen molar-refractivity contribution in [2.75, 3.05) is 39.7 Å². The van der Waals surface area contributed by atoms with Gasteiger partial charge in [-0.15, -0.1) is 0 Å². The molecule has 1 aromatic carbocycles. The first kappa shape index (κ1) is 21.8. The van der Waals surface area contributed by atoms with E-state index in [2.05, 4.69) is 15.3 Å². The van der Waals surface area contributed by atoms with Crippen molar-refractivity contribution < 1.29 is 27.4 Å². The maximum atomic E-state index is 13.0. The molecular weight excluding hydrogens is 412 g/mol. The summed E-state index contributed by atoms with van der Waals surface area (Å²) in [6.07, 6.45) is 3.71. The molecule has 0 spiro atoms. The van der Waals surface area contributed by atoms with E-state index in [1.807, 2.05) is 0 Å². The second-order valence-electron chi connectivity index (χ2n) is 6.63. The largest absolute Gasteiger partial charge is 0.494 e. The van der Waals surface area contributed by atoms with Crippen molar-refractivity contribution in [3.8, 4) is 17.2 Å². The number of nitrogens with zero attached hydrogens (tertiary/aromatic N) is 3. The van der Waals surface area contributed by atoms with Crippen molar-refractivity contribution in [2.24, 2.45) is 5.92 Å². The minimum atomic E-state index is -3.71. The van der Waals surface area contributed by atoms with Crippen LogP contribution in [-0.2, 0) is 14.8 Å². The summed E-state index contributed by atoms with van der Waals surface area (Å²) in [7, 11) is 0.727. The highest BCUT2D eigenvalue weighted by molar-refractivity contribution is 7.89. The number of nitrogens with one attached hydrogen (secondary N) is 1. The molecule has 1 aliphatic heterocycles. The standard InChI is InChI=1S/C19H24N4O6S/c1-27-14-11-20-19(21-12-14)22-18(24)13-6-8-23(9-7-13)30(25,26)15-4-5-16(28-2)17(10-15)29-3/h4-5,10-13H,6-9H2,1-3H3,(H,20,21,22,24). The van der Waals surface area contributed by atoms with E-state index in [0.717, 1.165) is 0 Å². The Bertz CT molecular complexity index is 989. The van der Waals surface area contributed by atoms with Crippen LogP contribution in [0.3, 0.4) is 0 Å². The van der Waals surface area contributed by atoms with Gasteiger partial charge >= 0.3 is 0 Å². The van der Waals surface area contributed by atoms with E-state index in [1.165, 1.54) is 50.2 Å². The quantitative estimate of drug-likeness (QED) is 0.694. The molecule has 1 fully saturated rings. The number of rotatable bonds is 7. The topological polar surface area (TPSA) is 120 Å². The average Bonchev–Trinajstić information content (AvgIpc) is 2.79. The Hall–Kier alpha value is -2.92. The Morgan fingerprint density at radius 1 is 1.03 bits per heavy atom. The van der Waals surface area contributed by atoms with Gasteiger partial charge in [-0.25, -0.2) is 18.4 Å². The predicted molar refractivity (Wildman–Crippen MR) is 108 cm³/mol. The molecule has 2 aromatic rings. The summed E-state index contributed by atoms with van der Waals surface area (Å²) in [5.41, 5.74) is 0. The van der Waals surface area contributed by atoms with Crippen molar-refractivity contribution >= 4 is 21.9 Å². The lowest BCUT2D eigenvalue weighted by atomic mass is 9.97. The molecule has 1 saturated heterocycles. The van der Waals surface area contributed by atoms with E-state index in [9.17, 15) is 13.2 Å². The molecule has 0 bridgehead atoms. The normalized spacial score (nSPS) is 15.4. The number of carbonyl (C=O) groups excluding carboxylic acids is 1. The lowest BCUT2D eigenvalue weighted by Crippen LogP contribution is -2.41. The van der Waals surface area contributed by atoms with E-state index in [4.69, 9.17) is 14.2 Å². The summed E-state index contributed by atoms with van der Waals surface area (Å²) >= 11 is 0. The molecule has 11 heteroatoms. The number of ether oxygens (including phenoxy) is 3. The molecule has 1 N–H and O–H groups in total. The minimum absolute atomic E-state index is 0.120. The zero-order valence-corrected chi connectivity index (χ0v) is 17.8. The molecular formula is C19H24N4O6S. The molecule has 1 aliphatic rings. The van der Waals surface area contributed by atoms with Crippen LogP contribution in [0.2, 0.25) is 0 Å². The van der Waals surface area contributed by atoms with Crippen LogP contribution >= 0.6 is 0 Å². The number of hydrogen-bond donors (Lipinski definition) is 1. The van der Waals surface area contributed by atoms with Gasteiger partial charge in [0.2, 0.25) is 21.9 Å². The second kappa shape index (κ2) is 9.26. The van der Waals surface area contributed by atoms with E-state index in [1.54, 1.807) is 6.07 Å². The third-order valence-electron chi connectivity index (χ3n) is 4.92. The molecule has 2 heterocycles. The Balaban J connectivity index is 1.63. The van der Waals surface area contributed by atoms with Crippen molar-refractivity contribution in [3.05, 3.63) is 30.6 Å². The van der Waals surface area contributed by atoms with Gasteiger partial charge in [0, 0.05) is 25.1 Å². The second-order valence-corrected chi connectivity index (χ2v) is 8.57. The first-order chi connectivity index (χ1) is 14.4. The van der Waals surface area contributed by atoms with Gasteiger partial charge in [0.15, 0.2) is 17.2 Å². The third kappa shape index (κ3) is 4.62. The zero-order chi connectivity index (χ0) is 21.7. The molecule has 0 aliphatic carbocycles. The van der Waals surface area contributed by atoms with Crippen molar-refractivity contribution in [1.29, 1.82) is 0 Å². The maximum absolute atomic E-state index is 13.0. The monoisotopic (exact) mass is 436 g/mol. The van der Waals surface area contributed by atoms with Crippen molar-refractivity contribution in [1.82, 2.24) is 14.3 Å². The van der Waals surface area contributed by atoms with Crippen LogP contribution in [-0.4, -0.2) is 63.0 Å². The Labute approximate surface area is 175 Å². The number of aromatic nitrogens is 2. The van der Waals surface area contributed by atoms with Crippen molar-refractivity contribution in [3.63, 3.8) is 0 Å². The molecule has 0 atom stereocenters. The number of benzene rings is 1. The number of piperidine rings is 1. The predicted octanol–water partition coefficient (Wildman–Crippen LogP) is 1.54. The highest BCUT2D eigenvalue weighted by atomic mass is 32.2. The zero-order valence-electron chi connectivity index (χ0n) is 17.0. The van der Waals surface area contributed by atoms with Gasteiger partial charge < -0.3 is 14.2 Å². The molecule has 0 radical (unpaired) electrons. The summed E-state index contributed by atoms with van der Waals surface area (Å²) in [6, 6.07) is 4.48. The summed E-state index contributed by atoms with van der Waals surface area (Å²) in [5, 5.41) is 2.66. The molecule has 1 aromatic heterocycles. The van der Waals surface area contributed by atoms with Gasteiger partial charge in [-0.05, 0) is 25.0 Å². The van der Waals surface area contributed by atoms with E-state index in [-0.39, 0.29) is 35.8 Å². The fourth-order valence-electron chi connectivity index (χ4n) is 3.18. The minimum Gasteiger partial charge on any atom is -0.494 e. The number of sulfonamides is 1. The van der Waals surface area contributed by atoms with Crippen LogP contribution in [0.15, 0.2) is 35.5 Å². The summed E-state index contributed by atoms with van der Waals surface area (Å²) in [5.74, 6) is 0.902. The molecule has 3 rings (SSSR count). The van der Waals surface area contributed by atoms with Gasteiger partial charge in [-0.3, -0.25) is 10.1 Å². The van der Waals surface area contributed by atoms with Gasteiger partial charge in [-0.1, -0.05) is 0 Å². The third-order valence-corrected chi connectivity index (χ3v) is 6.81. The number of hydrogen-bond acceptors (Lipinski definition) is 8. The fraction of sp³-hybridized carbons (Fsp3) is 0.421. The summed E-state index contributed by atoms with van der Waals surface area (Å²) < 4.78 is 42.7. The van der Waals surface area contributed by atoms with Gasteiger partial charge in [0.1, 0.15) is 0 Å². The van der Waals surface area contributed by atoms with Gasteiger partial charge in [0.05, 0.1) is 38.6 Å². The average molecular weight is 436 g/mol. The van der Waals surface area contributed by atoms with E-state index in [0.29, 0.717) is 30.1 Å². The molecule has 10 nitrogen and oxygen atoms in total. The van der Waals surface area contributed by atoms with Crippen LogP contribution in [0.5, 0.6) is 17.2 Å². The number of anilines is 1. The Morgan fingerprint density at radius 3 is 2.23 bits per heavy atom. The lowest BCUT2D eigenvalue weighted by molar-refractivity contribution is -0.121. The Morgan fingerprint density at radius 2 is 1.67 bits per heavy atom. The SMILES string of the molecule is COc1cnc(NC(=O)C2CCN(S(=O)(=O)c3ccc(OC)c(OC)c3)CC2)nc1. The van der Waals surface area contributed by atoms with Crippen LogP contribution < -0.4 is 19.5 Å². The summed E-state index contributed by atoms with van der Waals surface area (Å²) in [4.78, 5) is 20.6. The van der Waals surface area contributed by atoms with Crippen LogP contribution in [0.1, 0.15) is 12.8 Å². The number of amides is 1. The smallest absolute Gasteiger partial charge is 0.243 e. The van der Waals surface area contributed by atoms with Crippen LogP contribution in [0, 0.1) is 5.92 Å². The molecule has 30 heavy (non-hydrogen) atoms. The van der Waals surface area contributed by atoms with Crippen LogP contribution in [0.4, 0.5) is 5.95 Å². The van der Waals surface area contributed by atoms with E-state index < -0.39 is 10.0 Å². The molecule has 162 valence electrons. The summed E-state index contributed by atoms with van der Waals surface area (Å²) in [6.45, 7) is 0.469. The van der Waals surface area contributed by atoms with Crippen molar-refractivity contribution in [2.45, 2.75) is 17.7 Å². The van der Waals surface area contributed by atoms with Gasteiger partial charge in [-0.2, -0.15) is 4.31 Å². The highest BCUT2D eigenvalue weighted by Crippen LogP contribution is 2.32. The van der Waals surface area contributed by atoms with Gasteiger partial charge in [0.25, 0.3) is 0 Å². The maximum Gasteiger partial charge on any atom is 0.243 e. The number of carbonyl (C=O) groups is 1.